The Kier molecular flexibility index (Phi) is 4.98. The van der Waals surface area contributed by atoms with Crippen molar-refractivity contribution in [3.8, 4) is 0 Å². The first kappa shape index (κ1) is 17.7. The van der Waals surface area contributed by atoms with Gasteiger partial charge in [-0.2, -0.15) is 13.2 Å². The normalized spacial score (nSPS) is 20.6. The molecule has 0 saturated carbocycles. The van der Waals surface area contributed by atoms with Crippen LogP contribution in [0, 0.1) is 0 Å². The van der Waals surface area contributed by atoms with Crippen LogP contribution in [-0.2, 0) is 15.1 Å². The average molecular weight is 332 g/mol. The Bertz CT molecular complexity index is 545. The maximum atomic E-state index is 13.3. The number of hydrogen-bond acceptors (Lipinski definition) is 4. The Labute approximate surface area is 131 Å². The van der Waals surface area contributed by atoms with Gasteiger partial charge < -0.3 is 20.9 Å². The number of hydrogen-bond donors (Lipinski definition) is 3. The minimum Gasteiger partial charge on any atom is -0.381 e. The minimum absolute atomic E-state index is 0.217. The number of aliphatic hydroxyl groups is 1. The van der Waals surface area contributed by atoms with Crippen molar-refractivity contribution in [3.05, 3.63) is 35.9 Å². The van der Waals surface area contributed by atoms with E-state index >= 15 is 0 Å². The van der Waals surface area contributed by atoms with Gasteiger partial charge >= 0.3 is 6.18 Å². The van der Waals surface area contributed by atoms with Gasteiger partial charge in [0.15, 0.2) is 0 Å². The molecule has 1 aliphatic rings. The highest BCUT2D eigenvalue weighted by molar-refractivity contribution is 5.86. The molecule has 0 aromatic heterocycles. The molecule has 1 atom stereocenters. The predicted octanol–water partition coefficient (Wildman–Crippen LogP) is 1.06. The number of benzene rings is 1. The van der Waals surface area contributed by atoms with Crippen LogP contribution < -0.4 is 11.1 Å². The van der Waals surface area contributed by atoms with E-state index in [1.54, 1.807) is 0 Å². The molecule has 1 aliphatic heterocycles. The Morgan fingerprint density at radius 2 is 1.83 bits per heavy atom. The minimum atomic E-state index is -4.95. The SMILES string of the molecule is NC1(C(=O)NCC(O)(c2ccccc2)C(F)(F)F)CCOCC1. The Balaban J connectivity index is 2.15. The summed E-state index contributed by atoms with van der Waals surface area (Å²) >= 11 is 0. The van der Waals surface area contributed by atoms with Gasteiger partial charge in [0, 0.05) is 13.2 Å². The number of carbonyl (C=O) groups excluding carboxylic acids is 1. The van der Waals surface area contributed by atoms with E-state index < -0.39 is 29.8 Å². The van der Waals surface area contributed by atoms with E-state index in [2.05, 4.69) is 5.32 Å². The highest BCUT2D eigenvalue weighted by Gasteiger charge is 2.55. The van der Waals surface area contributed by atoms with E-state index in [0.29, 0.717) is 0 Å². The van der Waals surface area contributed by atoms with Crippen LogP contribution >= 0.6 is 0 Å². The lowest BCUT2D eigenvalue weighted by atomic mass is 9.89. The van der Waals surface area contributed by atoms with E-state index in [1.165, 1.54) is 18.2 Å². The van der Waals surface area contributed by atoms with Crippen LogP contribution in [0.25, 0.3) is 0 Å². The number of ether oxygens (including phenoxy) is 1. The second kappa shape index (κ2) is 6.46. The molecule has 0 bridgehead atoms. The molecule has 128 valence electrons. The van der Waals surface area contributed by atoms with E-state index in [0.717, 1.165) is 12.1 Å². The maximum Gasteiger partial charge on any atom is 0.423 e. The van der Waals surface area contributed by atoms with Crippen molar-refractivity contribution < 1.29 is 27.8 Å². The van der Waals surface area contributed by atoms with Gasteiger partial charge in [0.2, 0.25) is 11.5 Å². The summed E-state index contributed by atoms with van der Waals surface area (Å²) < 4.78 is 45.1. The van der Waals surface area contributed by atoms with Gasteiger partial charge in [-0.05, 0) is 18.4 Å². The number of halogens is 3. The van der Waals surface area contributed by atoms with Crippen LogP contribution in [0.2, 0.25) is 0 Å². The van der Waals surface area contributed by atoms with E-state index in [9.17, 15) is 23.1 Å². The van der Waals surface area contributed by atoms with Crippen molar-refractivity contribution in [1.82, 2.24) is 5.32 Å². The van der Waals surface area contributed by atoms with Crippen LogP contribution in [-0.4, -0.2) is 42.5 Å². The van der Waals surface area contributed by atoms with Gasteiger partial charge in [-0.15, -0.1) is 0 Å². The number of nitrogens with two attached hydrogens (primary N) is 1. The fourth-order valence-electron chi connectivity index (χ4n) is 2.43. The van der Waals surface area contributed by atoms with Gasteiger partial charge in [0.05, 0.1) is 12.1 Å². The van der Waals surface area contributed by atoms with E-state index in [4.69, 9.17) is 10.5 Å². The molecule has 1 heterocycles. The Hall–Kier alpha value is -1.64. The van der Waals surface area contributed by atoms with E-state index in [-0.39, 0.29) is 31.6 Å². The molecular weight excluding hydrogens is 313 g/mol. The molecule has 1 aromatic rings. The molecule has 8 heteroatoms. The van der Waals surface area contributed by atoms with Gasteiger partial charge in [0.25, 0.3) is 0 Å². The standard InChI is InChI=1S/C15H19F3N2O3/c16-15(17,18)14(22,11-4-2-1-3-5-11)10-20-12(21)13(19)6-8-23-9-7-13/h1-5,22H,6-10,19H2,(H,20,21). The highest BCUT2D eigenvalue weighted by Crippen LogP contribution is 2.38. The summed E-state index contributed by atoms with van der Waals surface area (Å²) in [6.07, 6.45) is -4.51. The third kappa shape index (κ3) is 3.65. The Morgan fingerprint density at radius 1 is 1.26 bits per heavy atom. The van der Waals surface area contributed by atoms with Crippen LogP contribution in [0.4, 0.5) is 13.2 Å². The zero-order valence-corrected chi connectivity index (χ0v) is 12.4. The number of nitrogens with one attached hydrogen (secondary N) is 1. The van der Waals surface area contributed by atoms with Gasteiger partial charge in [-0.3, -0.25) is 4.79 Å². The third-order valence-corrected chi connectivity index (χ3v) is 4.06. The number of amides is 1. The topological polar surface area (TPSA) is 84.6 Å². The maximum absolute atomic E-state index is 13.3. The largest absolute Gasteiger partial charge is 0.423 e. The quantitative estimate of drug-likeness (QED) is 0.770. The average Bonchev–Trinajstić information content (AvgIpc) is 2.52. The van der Waals surface area contributed by atoms with Crippen LogP contribution in [0.15, 0.2) is 30.3 Å². The number of carbonyl (C=O) groups is 1. The number of rotatable bonds is 4. The molecule has 5 nitrogen and oxygen atoms in total. The van der Waals surface area contributed by atoms with Crippen molar-refractivity contribution in [3.63, 3.8) is 0 Å². The van der Waals surface area contributed by atoms with E-state index in [1.807, 2.05) is 0 Å². The smallest absolute Gasteiger partial charge is 0.381 e. The highest BCUT2D eigenvalue weighted by atomic mass is 19.4. The van der Waals surface area contributed by atoms with Crippen molar-refractivity contribution in [1.29, 1.82) is 0 Å². The van der Waals surface area contributed by atoms with Crippen molar-refractivity contribution >= 4 is 5.91 Å². The molecule has 4 N–H and O–H groups in total. The summed E-state index contributed by atoms with van der Waals surface area (Å²) in [6, 6.07) is 6.63. The zero-order chi connectivity index (χ0) is 17.1. The zero-order valence-electron chi connectivity index (χ0n) is 12.4. The Morgan fingerprint density at radius 3 is 2.35 bits per heavy atom. The molecule has 1 unspecified atom stereocenters. The molecule has 1 amide bonds. The lowest BCUT2D eigenvalue weighted by Crippen LogP contribution is -2.60. The number of alkyl halides is 3. The van der Waals surface area contributed by atoms with Crippen molar-refractivity contribution in [2.45, 2.75) is 30.2 Å². The summed E-state index contributed by atoms with van der Waals surface area (Å²) in [5.74, 6) is -0.723. The fourth-order valence-corrected chi connectivity index (χ4v) is 2.43. The van der Waals surface area contributed by atoms with Crippen LogP contribution in [0.1, 0.15) is 18.4 Å². The molecule has 1 saturated heterocycles. The summed E-state index contributed by atoms with van der Waals surface area (Å²) in [5, 5.41) is 12.3. The molecule has 0 spiro atoms. The molecule has 23 heavy (non-hydrogen) atoms. The molecule has 1 aromatic carbocycles. The fraction of sp³-hybridized carbons (Fsp3) is 0.533. The molecule has 0 radical (unpaired) electrons. The van der Waals surface area contributed by atoms with Gasteiger partial charge in [0.1, 0.15) is 0 Å². The lowest BCUT2D eigenvalue weighted by Gasteiger charge is -2.35. The molecule has 1 fully saturated rings. The van der Waals surface area contributed by atoms with Crippen molar-refractivity contribution in [2.24, 2.45) is 5.73 Å². The molecule has 0 aliphatic carbocycles. The summed E-state index contributed by atoms with van der Waals surface area (Å²) in [5.41, 5.74) is 1.13. The lowest BCUT2D eigenvalue weighted by molar-refractivity contribution is -0.264. The van der Waals surface area contributed by atoms with Gasteiger partial charge in [-0.25, -0.2) is 0 Å². The summed E-state index contributed by atoms with van der Waals surface area (Å²) in [4.78, 5) is 12.2. The monoisotopic (exact) mass is 332 g/mol. The third-order valence-electron chi connectivity index (χ3n) is 4.06. The first-order chi connectivity index (χ1) is 10.7. The summed E-state index contributed by atoms with van der Waals surface area (Å²) in [7, 11) is 0. The van der Waals surface area contributed by atoms with Crippen LogP contribution in [0.5, 0.6) is 0 Å². The first-order valence-corrected chi connectivity index (χ1v) is 7.19. The molecular formula is C15H19F3N2O3. The second-order valence-electron chi connectivity index (χ2n) is 5.68. The van der Waals surface area contributed by atoms with Crippen LogP contribution in [0.3, 0.4) is 0 Å². The molecule has 2 rings (SSSR count). The van der Waals surface area contributed by atoms with Crippen molar-refractivity contribution in [2.75, 3.05) is 19.8 Å². The first-order valence-electron chi connectivity index (χ1n) is 7.19. The predicted molar refractivity (Wildman–Crippen MR) is 76.4 cm³/mol. The summed E-state index contributed by atoms with van der Waals surface area (Å²) in [6.45, 7) is -0.461. The van der Waals surface area contributed by atoms with Gasteiger partial charge in [-0.1, -0.05) is 30.3 Å². The second-order valence-corrected chi connectivity index (χ2v) is 5.68.